The number of hydrogen-bond donors (Lipinski definition) is 0. The van der Waals surface area contributed by atoms with E-state index in [1.807, 2.05) is 25.5 Å². The molecule has 0 unspecified atom stereocenters. The van der Waals surface area contributed by atoms with Crippen molar-refractivity contribution < 1.29 is 13.3 Å². The largest absolute Gasteiger partial charge is 0.500 e. The number of nitrogens with zero attached hydrogens (tertiary/aromatic N) is 4. The van der Waals surface area contributed by atoms with Gasteiger partial charge >= 0.3 is 8.80 Å². The maximum atomic E-state index is 5.87. The lowest BCUT2D eigenvalue weighted by Gasteiger charge is -2.28. The molecule has 0 spiro atoms. The second kappa shape index (κ2) is 12.0. The Hall–Kier alpha value is -0.483. The Kier molecular flexibility index (Phi) is 10.7. The van der Waals surface area contributed by atoms with Gasteiger partial charge in [0.05, 0.1) is 0 Å². The van der Waals surface area contributed by atoms with Crippen molar-refractivity contribution in [1.29, 1.82) is 0 Å². The van der Waals surface area contributed by atoms with E-state index in [-0.39, 0.29) is 0 Å². The van der Waals surface area contributed by atoms with E-state index in [2.05, 4.69) is 22.4 Å². The normalized spacial score (nSPS) is 12.0. The lowest BCUT2D eigenvalue weighted by Crippen LogP contribution is -2.45. The van der Waals surface area contributed by atoms with Gasteiger partial charge < -0.3 is 13.3 Å². The quantitative estimate of drug-likeness (QED) is 0.286. The average molecular weight is 363 g/mol. The third-order valence-corrected chi connectivity index (χ3v) is 7.44. The van der Waals surface area contributed by atoms with Crippen LogP contribution in [-0.2, 0) is 19.8 Å². The summed E-state index contributed by atoms with van der Waals surface area (Å²) in [5, 5.41) is 12.8. The summed E-state index contributed by atoms with van der Waals surface area (Å²) in [6, 6.07) is 0.835. The number of tetrazole rings is 1. The van der Waals surface area contributed by atoms with E-state index < -0.39 is 8.80 Å². The van der Waals surface area contributed by atoms with Gasteiger partial charge in [0.25, 0.3) is 0 Å². The van der Waals surface area contributed by atoms with Crippen LogP contribution in [0, 0.1) is 0 Å². The summed E-state index contributed by atoms with van der Waals surface area (Å²) in [5.74, 6) is 1.04. The molecule has 0 radical (unpaired) electrons. The number of hydrogen-bond acceptors (Lipinski definition) is 7. The molecule has 0 aromatic carbocycles. The molecule has 0 atom stereocenters. The van der Waals surface area contributed by atoms with Gasteiger partial charge in [-0.1, -0.05) is 18.7 Å². The standard InChI is InChI=1S/C14H30N4O3SSi/c1-5-12-22-14-15-16-17-18(14)11-9-10-13-23(19-6-2,20-7-3)21-8-4/h5-13H2,1-4H3. The van der Waals surface area contributed by atoms with Crippen molar-refractivity contribution in [1.82, 2.24) is 20.2 Å². The Bertz CT molecular complexity index is 405. The molecule has 0 aliphatic carbocycles. The lowest BCUT2D eigenvalue weighted by atomic mass is 10.3. The Labute approximate surface area is 144 Å². The van der Waals surface area contributed by atoms with Gasteiger partial charge in [-0.15, -0.1) is 5.10 Å². The van der Waals surface area contributed by atoms with Crippen LogP contribution in [0.2, 0.25) is 6.04 Å². The summed E-state index contributed by atoms with van der Waals surface area (Å²) in [7, 11) is -2.52. The minimum atomic E-state index is -2.52. The van der Waals surface area contributed by atoms with Gasteiger partial charge in [-0.25, -0.2) is 4.68 Å². The zero-order valence-corrected chi connectivity index (χ0v) is 16.6. The van der Waals surface area contributed by atoms with Gasteiger partial charge in [0.2, 0.25) is 5.16 Å². The van der Waals surface area contributed by atoms with Crippen LogP contribution in [0.5, 0.6) is 0 Å². The van der Waals surface area contributed by atoms with Crippen molar-refractivity contribution in [3.05, 3.63) is 0 Å². The minimum absolute atomic E-state index is 0.622. The van der Waals surface area contributed by atoms with Crippen molar-refractivity contribution in [2.45, 2.75) is 64.7 Å². The molecule has 0 N–H and O–H groups in total. The van der Waals surface area contributed by atoms with Gasteiger partial charge in [-0.05, 0) is 50.5 Å². The predicted molar refractivity (Wildman–Crippen MR) is 93.5 cm³/mol. The highest BCUT2D eigenvalue weighted by atomic mass is 32.2. The first-order valence-electron chi connectivity index (χ1n) is 8.52. The molecule has 0 fully saturated rings. The van der Waals surface area contributed by atoms with Crippen molar-refractivity contribution in [3.8, 4) is 0 Å². The number of thioether (sulfide) groups is 1. The lowest BCUT2D eigenvalue weighted by molar-refractivity contribution is 0.0705. The second-order valence-electron chi connectivity index (χ2n) is 4.97. The van der Waals surface area contributed by atoms with Crippen LogP contribution in [0.1, 0.15) is 47.0 Å². The molecule has 0 amide bonds. The molecule has 0 saturated carbocycles. The number of rotatable bonds is 14. The molecule has 1 heterocycles. The van der Waals surface area contributed by atoms with Crippen molar-refractivity contribution >= 4 is 20.6 Å². The molecule has 1 rings (SSSR count). The average Bonchev–Trinajstić information content (AvgIpc) is 2.98. The summed E-state index contributed by atoms with van der Waals surface area (Å²) < 4.78 is 19.5. The van der Waals surface area contributed by atoms with Crippen LogP contribution in [0.25, 0.3) is 0 Å². The molecule has 0 bridgehead atoms. The first kappa shape index (κ1) is 20.6. The molecule has 7 nitrogen and oxygen atoms in total. The third kappa shape index (κ3) is 7.30. The van der Waals surface area contributed by atoms with E-state index in [0.717, 1.165) is 42.8 Å². The van der Waals surface area contributed by atoms with E-state index in [4.69, 9.17) is 13.3 Å². The van der Waals surface area contributed by atoms with Gasteiger partial charge in [-0.2, -0.15) is 0 Å². The number of aromatic nitrogens is 4. The number of aryl methyl sites for hydroxylation is 1. The zero-order valence-electron chi connectivity index (χ0n) is 14.8. The van der Waals surface area contributed by atoms with Crippen LogP contribution in [0.15, 0.2) is 5.16 Å². The molecule has 134 valence electrons. The van der Waals surface area contributed by atoms with Crippen LogP contribution < -0.4 is 0 Å². The van der Waals surface area contributed by atoms with E-state index in [9.17, 15) is 0 Å². The highest BCUT2D eigenvalue weighted by molar-refractivity contribution is 7.99. The first-order valence-corrected chi connectivity index (χ1v) is 11.4. The SMILES string of the molecule is CCCSc1nnnn1CCCC[Si](OCC)(OCC)OCC. The maximum Gasteiger partial charge on any atom is 0.500 e. The van der Waals surface area contributed by atoms with E-state index in [1.165, 1.54) is 0 Å². The fourth-order valence-corrected chi connectivity index (χ4v) is 5.68. The zero-order chi connectivity index (χ0) is 17.0. The van der Waals surface area contributed by atoms with Crippen molar-refractivity contribution in [2.75, 3.05) is 25.6 Å². The maximum absolute atomic E-state index is 5.87. The molecular weight excluding hydrogens is 332 g/mol. The van der Waals surface area contributed by atoms with Gasteiger partial charge in [0, 0.05) is 38.2 Å². The summed E-state index contributed by atoms with van der Waals surface area (Å²) in [5.41, 5.74) is 0. The van der Waals surface area contributed by atoms with E-state index in [1.54, 1.807) is 11.8 Å². The molecule has 0 aliphatic heterocycles. The predicted octanol–water partition coefficient (Wildman–Crippen LogP) is 3.00. The number of unbranched alkanes of at least 4 members (excludes halogenated alkanes) is 1. The summed E-state index contributed by atoms with van der Waals surface area (Å²) in [6.07, 6.45) is 3.07. The van der Waals surface area contributed by atoms with Crippen LogP contribution in [0.4, 0.5) is 0 Å². The molecule has 1 aromatic heterocycles. The van der Waals surface area contributed by atoms with Crippen LogP contribution >= 0.6 is 11.8 Å². The fourth-order valence-electron chi connectivity index (χ4n) is 2.24. The molecule has 23 heavy (non-hydrogen) atoms. The molecule has 1 aromatic rings. The molecule has 0 aliphatic rings. The van der Waals surface area contributed by atoms with Gasteiger partial charge in [-0.3, -0.25) is 0 Å². The summed E-state index contributed by atoms with van der Waals surface area (Å²) in [4.78, 5) is 0. The van der Waals surface area contributed by atoms with E-state index >= 15 is 0 Å². The van der Waals surface area contributed by atoms with Gasteiger partial charge in [0.15, 0.2) is 0 Å². The molecule has 9 heteroatoms. The summed E-state index contributed by atoms with van der Waals surface area (Å²) in [6.45, 7) is 10.8. The Morgan fingerprint density at radius 2 is 1.65 bits per heavy atom. The monoisotopic (exact) mass is 362 g/mol. The molecular formula is C14H30N4O3SSi. The fraction of sp³-hybridized carbons (Fsp3) is 0.929. The smallest absolute Gasteiger partial charge is 0.374 e. The van der Waals surface area contributed by atoms with Crippen LogP contribution in [-0.4, -0.2) is 54.6 Å². The topological polar surface area (TPSA) is 71.3 Å². The first-order chi connectivity index (χ1) is 11.2. The van der Waals surface area contributed by atoms with Crippen molar-refractivity contribution in [2.24, 2.45) is 0 Å². The van der Waals surface area contributed by atoms with Gasteiger partial charge in [0.1, 0.15) is 0 Å². The Morgan fingerprint density at radius 3 is 2.22 bits per heavy atom. The third-order valence-electron chi connectivity index (χ3n) is 3.13. The molecule has 0 saturated heterocycles. The van der Waals surface area contributed by atoms with E-state index in [0.29, 0.717) is 19.8 Å². The highest BCUT2D eigenvalue weighted by Crippen LogP contribution is 2.20. The second-order valence-corrected chi connectivity index (χ2v) is 8.77. The Balaban J connectivity index is 2.45. The van der Waals surface area contributed by atoms with Crippen molar-refractivity contribution in [3.63, 3.8) is 0 Å². The van der Waals surface area contributed by atoms with Crippen LogP contribution in [0.3, 0.4) is 0 Å². The Morgan fingerprint density at radius 1 is 1.00 bits per heavy atom. The minimum Gasteiger partial charge on any atom is -0.374 e. The summed E-state index contributed by atoms with van der Waals surface area (Å²) >= 11 is 1.70. The highest BCUT2D eigenvalue weighted by Gasteiger charge is 2.39.